The van der Waals surface area contributed by atoms with Gasteiger partial charge in [0, 0.05) is 26.7 Å². The number of aromatic amines is 1. The van der Waals surface area contributed by atoms with Crippen molar-refractivity contribution in [3.05, 3.63) is 20.8 Å². The van der Waals surface area contributed by atoms with Crippen LogP contribution in [0, 0.1) is 0 Å². The van der Waals surface area contributed by atoms with E-state index >= 15 is 0 Å². The molecule has 0 amide bonds. The number of fused-ring (bicyclic) bond motifs is 1. The Hall–Kier alpha value is -2.05. The highest BCUT2D eigenvalue weighted by atomic mass is 16.2. The molecule has 2 rings (SSSR count). The molecule has 0 fully saturated rings. The minimum absolute atomic E-state index is 0.354. The largest absolute Gasteiger partial charge is 0.343 e. The molecule has 1 N–H and O–H groups in total. The Morgan fingerprint density at radius 2 is 1.71 bits per heavy atom. The second kappa shape index (κ2) is 8.17. The molecule has 0 bridgehead atoms. The molecule has 2 heterocycles. The number of imidazole rings is 1. The van der Waals surface area contributed by atoms with Gasteiger partial charge in [0.1, 0.15) is 0 Å². The summed E-state index contributed by atoms with van der Waals surface area (Å²) in [6.07, 6.45) is 5.79. The Morgan fingerprint density at radius 1 is 1.04 bits per heavy atom. The number of unbranched alkanes of at least 4 members (excludes halogenated alkanes) is 4. The number of hydrogen-bond acceptors (Lipinski definition) is 4. The maximum absolute atomic E-state index is 12.4. The monoisotopic (exact) mass is 335 g/mol. The Morgan fingerprint density at radius 3 is 2.33 bits per heavy atom. The average Bonchev–Trinajstić information content (AvgIpc) is 2.94. The number of nitrogens with zero attached hydrogens (tertiary/aromatic N) is 4. The van der Waals surface area contributed by atoms with Crippen molar-refractivity contribution < 1.29 is 0 Å². The Balaban J connectivity index is 2.47. The molecule has 0 spiro atoms. The van der Waals surface area contributed by atoms with Crippen molar-refractivity contribution in [2.75, 3.05) is 18.0 Å². The van der Waals surface area contributed by atoms with Gasteiger partial charge in [-0.05, 0) is 20.3 Å². The van der Waals surface area contributed by atoms with Crippen LogP contribution < -0.4 is 16.1 Å². The minimum atomic E-state index is -0.425. The van der Waals surface area contributed by atoms with Gasteiger partial charge in [0.2, 0.25) is 5.95 Å². The lowest BCUT2D eigenvalue weighted by atomic mass is 10.1. The summed E-state index contributed by atoms with van der Waals surface area (Å²) in [5.74, 6) is 0.775. The highest BCUT2D eigenvalue weighted by Gasteiger charge is 2.19. The van der Waals surface area contributed by atoms with Crippen LogP contribution in [0.2, 0.25) is 0 Å². The molecule has 7 heteroatoms. The van der Waals surface area contributed by atoms with E-state index < -0.39 is 5.69 Å². The first-order valence-electron chi connectivity index (χ1n) is 8.99. The van der Waals surface area contributed by atoms with Gasteiger partial charge in [0.05, 0.1) is 0 Å². The zero-order valence-corrected chi connectivity index (χ0v) is 15.3. The molecule has 24 heavy (non-hydrogen) atoms. The van der Waals surface area contributed by atoms with Crippen molar-refractivity contribution in [1.82, 2.24) is 19.1 Å². The van der Waals surface area contributed by atoms with Gasteiger partial charge in [-0.25, -0.2) is 4.79 Å². The van der Waals surface area contributed by atoms with Gasteiger partial charge >= 0.3 is 5.69 Å². The van der Waals surface area contributed by atoms with E-state index in [1.807, 2.05) is 4.57 Å². The summed E-state index contributed by atoms with van der Waals surface area (Å²) in [5.41, 5.74) is 0.174. The predicted octanol–water partition coefficient (Wildman–Crippen LogP) is 2.24. The van der Waals surface area contributed by atoms with Crippen molar-refractivity contribution in [2.24, 2.45) is 7.05 Å². The first kappa shape index (κ1) is 18.3. The number of H-pyrrole nitrogens is 1. The van der Waals surface area contributed by atoms with Crippen LogP contribution in [0.15, 0.2) is 9.59 Å². The van der Waals surface area contributed by atoms with Crippen molar-refractivity contribution in [3.63, 3.8) is 0 Å². The molecule has 2 aromatic rings. The van der Waals surface area contributed by atoms with Crippen LogP contribution in [0.1, 0.15) is 52.9 Å². The molecule has 0 aliphatic heterocycles. The average molecular weight is 335 g/mol. The summed E-state index contributed by atoms with van der Waals surface area (Å²) < 4.78 is 3.39. The molecular weight excluding hydrogens is 306 g/mol. The SMILES string of the molecule is CCCCCCCn1c(N(CC)CC)nc2c1c(=O)[nH]c(=O)n2C. The van der Waals surface area contributed by atoms with Gasteiger partial charge in [-0.3, -0.25) is 14.3 Å². The predicted molar refractivity (Wildman–Crippen MR) is 97.9 cm³/mol. The van der Waals surface area contributed by atoms with E-state index in [-0.39, 0.29) is 5.56 Å². The number of nitrogens with one attached hydrogen (secondary N) is 1. The molecule has 0 radical (unpaired) electrons. The van der Waals surface area contributed by atoms with Crippen LogP contribution in [-0.4, -0.2) is 32.2 Å². The number of rotatable bonds is 9. The lowest BCUT2D eigenvalue weighted by Gasteiger charge is -2.21. The number of aromatic nitrogens is 4. The lowest BCUT2D eigenvalue weighted by molar-refractivity contribution is 0.570. The zero-order valence-electron chi connectivity index (χ0n) is 15.3. The van der Waals surface area contributed by atoms with Crippen molar-refractivity contribution >= 4 is 17.1 Å². The van der Waals surface area contributed by atoms with Crippen LogP contribution in [-0.2, 0) is 13.6 Å². The Labute approximate surface area is 142 Å². The third-order valence-corrected chi connectivity index (χ3v) is 4.52. The van der Waals surface area contributed by atoms with E-state index in [1.54, 1.807) is 7.05 Å². The van der Waals surface area contributed by atoms with Crippen molar-refractivity contribution in [3.8, 4) is 0 Å². The van der Waals surface area contributed by atoms with E-state index in [2.05, 4.69) is 35.6 Å². The van der Waals surface area contributed by atoms with E-state index in [4.69, 9.17) is 0 Å². The van der Waals surface area contributed by atoms with Crippen molar-refractivity contribution in [2.45, 2.75) is 59.4 Å². The fraction of sp³-hybridized carbons (Fsp3) is 0.706. The number of hydrogen-bond donors (Lipinski definition) is 1. The fourth-order valence-electron chi connectivity index (χ4n) is 3.06. The van der Waals surface area contributed by atoms with E-state index in [0.717, 1.165) is 38.4 Å². The van der Waals surface area contributed by atoms with E-state index in [9.17, 15) is 9.59 Å². The lowest BCUT2D eigenvalue weighted by Crippen LogP contribution is -2.29. The second-order valence-corrected chi connectivity index (χ2v) is 6.14. The summed E-state index contributed by atoms with van der Waals surface area (Å²) >= 11 is 0. The quantitative estimate of drug-likeness (QED) is 0.713. The molecular formula is C17H29N5O2. The van der Waals surface area contributed by atoms with Gasteiger partial charge in [0.15, 0.2) is 11.2 Å². The maximum atomic E-state index is 12.4. The molecule has 0 aliphatic carbocycles. The maximum Gasteiger partial charge on any atom is 0.329 e. The molecule has 2 aromatic heterocycles. The third kappa shape index (κ3) is 3.55. The molecule has 0 saturated heterocycles. The van der Waals surface area contributed by atoms with Gasteiger partial charge in [-0.2, -0.15) is 4.98 Å². The van der Waals surface area contributed by atoms with Crippen LogP contribution in [0.25, 0.3) is 11.2 Å². The van der Waals surface area contributed by atoms with Gasteiger partial charge in [-0.15, -0.1) is 0 Å². The second-order valence-electron chi connectivity index (χ2n) is 6.14. The number of aryl methyl sites for hydroxylation is 2. The zero-order chi connectivity index (χ0) is 17.7. The third-order valence-electron chi connectivity index (χ3n) is 4.52. The first-order chi connectivity index (χ1) is 11.5. The van der Waals surface area contributed by atoms with Crippen LogP contribution in [0.4, 0.5) is 5.95 Å². The summed E-state index contributed by atoms with van der Waals surface area (Å²) in [6, 6.07) is 0. The molecule has 0 aliphatic rings. The Bertz CT molecular complexity index is 783. The summed E-state index contributed by atoms with van der Waals surface area (Å²) in [7, 11) is 1.64. The Kier molecular flexibility index (Phi) is 6.23. The first-order valence-corrected chi connectivity index (χ1v) is 8.99. The summed E-state index contributed by atoms with van der Waals surface area (Å²) in [4.78, 5) is 33.4. The van der Waals surface area contributed by atoms with Crippen LogP contribution in [0.3, 0.4) is 0 Å². The highest BCUT2D eigenvalue weighted by Crippen LogP contribution is 2.20. The topological polar surface area (TPSA) is 75.9 Å². The molecule has 134 valence electrons. The van der Waals surface area contributed by atoms with Gasteiger partial charge < -0.3 is 9.47 Å². The molecule has 0 saturated carbocycles. The molecule has 7 nitrogen and oxygen atoms in total. The fourth-order valence-corrected chi connectivity index (χ4v) is 3.06. The van der Waals surface area contributed by atoms with Crippen LogP contribution >= 0.6 is 0 Å². The van der Waals surface area contributed by atoms with Crippen molar-refractivity contribution in [1.29, 1.82) is 0 Å². The molecule has 0 unspecified atom stereocenters. The van der Waals surface area contributed by atoms with E-state index in [1.165, 1.54) is 23.8 Å². The van der Waals surface area contributed by atoms with Crippen LogP contribution in [0.5, 0.6) is 0 Å². The minimum Gasteiger partial charge on any atom is -0.343 e. The summed E-state index contributed by atoms with van der Waals surface area (Å²) in [5, 5.41) is 0. The smallest absolute Gasteiger partial charge is 0.329 e. The highest BCUT2D eigenvalue weighted by molar-refractivity contribution is 5.74. The standard InChI is InChI=1S/C17H29N5O2/c1-5-8-9-10-11-12-22-13-14(18-16(22)21(6-2)7-3)20(4)17(24)19-15(13)23/h5-12H2,1-4H3,(H,19,23,24). The van der Waals surface area contributed by atoms with Gasteiger partial charge in [0.25, 0.3) is 5.56 Å². The molecule has 0 aromatic carbocycles. The molecule has 0 atom stereocenters. The summed E-state index contributed by atoms with van der Waals surface area (Å²) in [6.45, 7) is 8.69. The normalized spacial score (nSPS) is 11.3. The van der Waals surface area contributed by atoms with Gasteiger partial charge in [-0.1, -0.05) is 32.6 Å². The van der Waals surface area contributed by atoms with E-state index in [0.29, 0.717) is 11.2 Å². The number of anilines is 1.